The van der Waals surface area contributed by atoms with Gasteiger partial charge in [0.2, 0.25) is 11.8 Å². The van der Waals surface area contributed by atoms with Gasteiger partial charge in [0, 0.05) is 32.1 Å². The lowest BCUT2D eigenvalue weighted by Gasteiger charge is -2.37. The molecule has 116 valence electrons. The van der Waals surface area contributed by atoms with Crippen molar-refractivity contribution in [2.45, 2.75) is 52.5 Å². The first kappa shape index (κ1) is 17.0. The van der Waals surface area contributed by atoms with E-state index in [0.29, 0.717) is 19.6 Å². The number of nitrogens with zero attached hydrogens (tertiary/aromatic N) is 1. The highest BCUT2D eigenvalue weighted by Crippen LogP contribution is 2.18. The number of piperazine rings is 1. The van der Waals surface area contributed by atoms with Crippen LogP contribution in [0, 0.1) is 5.92 Å². The third-order valence-corrected chi connectivity index (χ3v) is 3.93. The van der Waals surface area contributed by atoms with Crippen LogP contribution in [0.15, 0.2) is 0 Å². The van der Waals surface area contributed by atoms with E-state index >= 15 is 0 Å². The summed E-state index contributed by atoms with van der Waals surface area (Å²) in [6, 6.07) is -0.355. The fourth-order valence-electron chi connectivity index (χ4n) is 2.68. The van der Waals surface area contributed by atoms with Gasteiger partial charge in [0.25, 0.3) is 0 Å². The minimum absolute atomic E-state index is 0.0432. The van der Waals surface area contributed by atoms with Gasteiger partial charge in [-0.1, -0.05) is 26.7 Å². The third-order valence-electron chi connectivity index (χ3n) is 3.93. The van der Waals surface area contributed by atoms with Crippen molar-refractivity contribution in [1.29, 1.82) is 0 Å². The summed E-state index contributed by atoms with van der Waals surface area (Å²) in [5.41, 5.74) is 0. The predicted octanol–water partition coefficient (Wildman–Crippen LogP) is 1.14. The van der Waals surface area contributed by atoms with Crippen molar-refractivity contribution in [3.63, 3.8) is 0 Å². The van der Waals surface area contributed by atoms with Gasteiger partial charge in [0.1, 0.15) is 6.04 Å². The number of carbonyl (C=O) groups excluding carboxylic acids is 2. The number of carbonyl (C=O) groups is 2. The lowest BCUT2D eigenvalue weighted by Crippen LogP contribution is -2.60. The van der Waals surface area contributed by atoms with Gasteiger partial charge < -0.3 is 15.5 Å². The molecular formula is C15H29N3O2. The van der Waals surface area contributed by atoms with Gasteiger partial charge in [0.15, 0.2) is 0 Å². The average molecular weight is 283 g/mol. The molecule has 1 rings (SSSR count). The largest absolute Gasteiger partial charge is 0.355 e. The van der Waals surface area contributed by atoms with Crippen LogP contribution in [0.3, 0.4) is 0 Å². The Kier molecular flexibility index (Phi) is 7.59. The van der Waals surface area contributed by atoms with Crippen molar-refractivity contribution in [2.24, 2.45) is 5.92 Å². The smallest absolute Gasteiger partial charge is 0.244 e. The third kappa shape index (κ3) is 4.47. The highest BCUT2D eigenvalue weighted by atomic mass is 16.2. The van der Waals surface area contributed by atoms with Crippen molar-refractivity contribution >= 4 is 11.8 Å². The molecule has 20 heavy (non-hydrogen) atoms. The molecule has 2 N–H and O–H groups in total. The van der Waals surface area contributed by atoms with E-state index in [1.54, 1.807) is 4.90 Å². The molecule has 1 fully saturated rings. The average Bonchev–Trinajstić information content (AvgIpc) is 2.48. The number of nitrogens with one attached hydrogen (secondary N) is 2. The second-order valence-electron chi connectivity index (χ2n) is 5.39. The molecular weight excluding hydrogens is 254 g/mol. The topological polar surface area (TPSA) is 61.4 Å². The molecule has 2 atom stereocenters. The predicted molar refractivity (Wildman–Crippen MR) is 80.4 cm³/mol. The summed E-state index contributed by atoms with van der Waals surface area (Å²) in [4.78, 5) is 26.5. The van der Waals surface area contributed by atoms with Crippen LogP contribution in [0.1, 0.15) is 46.5 Å². The summed E-state index contributed by atoms with van der Waals surface area (Å²) in [5, 5.41) is 6.03. The Labute approximate surface area is 122 Å². The summed E-state index contributed by atoms with van der Waals surface area (Å²) in [6.07, 6.45) is 3.95. The zero-order valence-corrected chi connectivity index (χ0v) is 13.1. The second-order valence-corrected chi connectivity index (χ2v) is 5.39. The molecule has 1 aliphatic heterocycles. The molecule has 5 nitrogen and oxygen atoms in total. The first-order valence-corrected chi connectivity index (χ1v) is 7.94. The van der Waals surface area contributed by atoms with Crippen molar-refractivity contribution in [1.82, 2.24) is 15.5 Å². The van der Waals surface area contributed by atoms with Crippen LogP contribution in [-0.4, -0.2) is 48.9 Å². The first-order valence-electron chi connectivity index (χ1n) is 7.94. The maximum absolute atomic E-state index is 12.7. The number of unbranched alkanes of at least 4 members (excludes halogenated alkanes) is 1. The first-order chi connectivity index (χ1) is 9.65. The van der Waals surface area contributed by atoms with Gasteiger partial charge in [-0.2, -0.15) is 0 Å². The molecule has 0 aromatic rings. The van der Waals surface area contributed by atoms with Crippen LogP contribution in [0.2, 0.25) is 0 Å². The maximum atomic E-state index is 12.7. The molecule has 0 aliphatic carbocycles. The van der Waals surface area contributed by atoms with E-state index in [1.807, 2.05) is 6.92 Å². The molecule has 0 aromatic carbocycles. The fraction of sp³-hybridized carbons (Fsp3) is 0.867. The van der Waals surface area contributed by atoms with Gasteiger partial charge in [-0.25, -0.2) is 0 Å². The van der Waals surface area contributed by atoms with Gasteiger partial charge in [-0.3, -0.25) is 9.59 Å². The summed E-state index contributed by atoms with van der Waals surface area (Å²) >= 11 is 0. The highest BCUT2D eigenvalue weighted by Gasteiger charge is 2.34. The zero-order valence-electron chi connectivity index (χ0n) is 13.1. The molecule has 0 bridgehead atoms. The monoisotopic (exact) mass is 283 g/mol. The molecule has 1 heterocycles. The molecule has 5 heteroatoms. The second kappa shape index (κ2) is 8.95. The van der Waals surface area contributed by atoms with Crippen LogP contribution in [0.5, 0.6) is 0 Å². The summed E-state index contributed by atoms with van der Waals surface area (Å²) in [7, 11) is 0. The Bertz CT molecular complexity index is 320. The summed E-state index contributed by atoms with van der Waals surface area (Å²) < 4.78 is 0. The van der Waals surface area contributed by atoms with Crippen LogP contribution >= 0.6 is 0 Å². The van der Waals surface area contributed by atoms with Crippen LogP contribution in [-0.2, 0) is 9.59 Å². The van der Waals surface area contributed by atoms with E-state index in [0.717, 1.165) is 32.2 Å². The van der Waals surface area contributed by atoms with Gasteiger partial charge in [-0.15, -0.1) is 0 Å². The van der Waals surface area contributed by atoms with E-state index in [1.165, 1.54) is 0 Å². The molecule has 1 saturated heterocycles. The molecule has 0 saturated carbocycles. The standard InChI is InChI=1S/C15H29N3O2/c1-4-7-8-12(5-2)15(20)18-10-9-16-11-13(18)14(19)17-6-3/h12-13,16H,4-11H2,1-3H3,(H,17,19). The minimum atomic E-state index is -0.355. The van der Waals surface area contributed by atoms with Crippen LogP contribution < -0.4 is 10.6 Å². The molecule has 0 spiro atoms. The van der Waals surface area contributed by atoms with Crippen LogP contribution in [0.4, 0.5) is 0 Å². The fourth-order valence-corrected chi connectivity index (χ4v) is 2.68. The van der Waals surface area contributed by atoms with Crippen molar-refractivity contribution in [3.8, 4) is 0 Å². The number of hydrogen-bond acceptors (Lipinski definition) is 3. The lowest BCUT2D eigenvalue weighted by molar-refractivity contribution is -0.145. The Morgan fingerprint density at radius 3 is 2.70 bits per heavy atom. The number of hydrogen-bond donors (Lipinski definition) is 2. The SMILES string of the molecule is CCCCC(CC)C(=O)N1CCNCC1C(=O)NCC. The van der Waals surface area contributed by atoms with E-state index in [4.69, 9.17) is 0 Å². The zero-order chi connectivity index (χ0) is 15.0. The van der Waals surface area contributed by atoms with E-state index in [-0.39, 0.29) is 23.8 Å². The molecule has 1 aliphatic rings. The Morgan fingerprint density at radius 2 is 2.10 bits per heavy atom. The van der Waals surface area contributed by atoms with Gasteiger partial charge in [-0.05, 0) is 19.8 Å². The molecule has 2 amide bonds. The highest BCUT2D eigenvalue weighted by molar-refractivity contribution is 5.89. The maximum Gasteiger partial charge on any atom is 0.244 e. The lowest BCUT2D eigenvalue weighted by atomic mass is 9.96. The van der Waals surface area contributed by atoms with Gasteiger partial charge >= 0.3 is 0 Å². The van der Waals surface area contributed by atoms with Crippen LogP contribution in [0.25, 0.3) is 0 Å². The van der Waals surface area contributed by atoms with Crippen molar-refractivity contribution in [3.05, 3.63) is 0 Å². The summed E-state index contributed by atoms with van der Waals surface area (Å²) in [6.45, 7) is 8.65. The van der Waals surface area contributed by atoms with E-state index < -0.39 is 0 Å². The van der Waals surface area contributed by atoms with E-state index in [2.05, 4.69) is 24.5 Å². The molecule has 0 radical (unpaired) electrons. The summed E-state index contributed by atoms with van der Waals surface area (Å²) in [5.74, 6) is 0.169. The minimum Gasteiger partial charge on any atom is -0.355 e. The number of likely N-dealkylation sites (N-methyl/N-ethyl adjacent to an activating group) is 1. The van der Waals surface area contributed by atoms with Crippen molar-refractivity contribution < 1.29 is 9.59 Å². The Balaban J connectivity index is 2.72. The normalized spacial score (nSPS) is 20.6. The molecule has 0 aromatic heterocycles. The van der Waals surface area contributed by atoms with E-state index in [9.17, 15) is 9.59 Å². The van der Waals surface area contributed by atoms with Crippen molar-refractivity contribution in [2.75, 3.05) is 26.2 Å². The number of rotatable bonds is 7. The van der Waals surface area contributed by atoms with Gasteiger partial charge in [0.05, 0.1) is 0 Å². The Morgan fingerprint density at radius 1 is 1.35 bits per heavy atom. The molecule has 2 unspecified atom stereocenters. The Hall–Kier alpha value is -1.10. The number of amides is 2. The quantitative estimate of drug-likeness (QED) is 0.736.